The third-order valence-corrected chi connectivity index (χ3v) is 5.81. The first-order valence-corrected chi connectivity index (χ1v) is 10.6. The number of amides is 1. The number of nitrogens with one attached hydrogen (secondary N) is 1. The standard InChI is InChI=1S/C20H26N2O5S/c1-7-22(28(6,24)25)17-12-19(27-5)18(26-4)11-15(17)20(23)21-16-10-8-9-13(2)14(16)3/h8-12H,7H2,1-6H3,(H,21,23). The number of hydrogen-bond acceptors (Lipinski definition) is 5. The smallest absolute Gasteiger partial charge is 0.257 e. The number of benzene rings is 2. The van der Waals surface area contributed by atoms with Gasteiger partial charge in [-0.3, -0.25) is 9.10 Å². The van der Waals surface area contributed by atoms with Crippen molar-refractivity contribution in [3.63, 3.8) is 0 Å². The fourth-order valence-electron chi connectivity index (χ4n) is 2.92. The lowest BCUT2D eigenvalue weighted by Gasteiger charge is -2.24. The van der Waals surface area contributed by atoms with Crippen molar-refractivity contribution in [2.24, 2.45) is 0 Å². The first-order valence-electron chi connectivity index (χ1n) is 8.75. The average molecular weight is 407 g/mol. The van der Waals surface area contributed by atoms with Crippen LogP contribution in [-0.4, -0.2) is 41.3 Å². The minimum atomic E-state index is -3.60. The van der Waals surface area contributed by atoms with E-state index in [2.05, 4.69) is 5.32 Å². The summed E-state index contributed by atoms with van der Waals surface area (Å²) in [5.41, 5.74) is 3.04. The summed E-state index contributed by atoms with van der Waals surface area (Å²) in [6.45, 7) is 5.73. The molecule has 0 heterocycles. The average Bonchev–Trinajstić information content (AvgIpc) is 2.64. The molecule has 0 aliphatic carbocycles. The Bertz CT molecular complexity index is 986. The highest BCUT2D eigenvalue weighted by molar-refractivity contribution is 7.92. The van der Waals surface area contributed by atoms with Gasteiger partial charge < -0.3 is 14.8 Å². The van der Waals surface area contributed by atoms with Crippen LogP contribution in [-0.2, 0) is 10.0 Å². The van der Waals surface area contributed by atoms with E-state index in [-0.39, 0.29) is 17.8 Å². The number of carbonyl (C=O) groups is 1. The number of ether oxygens (including phenoxy) is 2. The Morgan fingerprint density at radius 2 is 1.71 bits per heavy atom. The maximum atomic E-state index is 13.1. The molecule has 7 nitrogen and oxygen atoms in total. The minimum absolute atomic E-state index is 0.165. The molecule has 0 fully saturated rings. The van der Waals surface area contributed by atoms with Gasteiger partial charge in [0.05, 0.1) is 31.7 Å². The largest absolute Gasteiger partial charge is 0.493 e. The van der Waals surface area contributed by atoms with Gasteiger partial charge in [-0.2, -0.15) is 0 Å². The van der Waals surface area contributed by atoms with Crippen LogP contribution in [0, 0.1) is 13.8 Å². The zero-order valence-corrected chi connectivity index (χ0v) is 17.8. The molecular formula is C20H26N2O5S. The number of rotatable bonds is 7. The molecule has 28 heavy (non-hydrogen) atoms. The Morgan fingerprint density at radius 3 is 2.25 bits per heavy atom. The van der Waals surface area contributed by atoms with Crippen molar-refractivity contribution in [2.45, 2.75) is 20.8 Å². The summed E-state index contributed by atoms with van der Waals surface area (Å²) in [7, 11) is -0.690. The molecule has 0 atom stereocenters. The van der Waals surface area contributed by atoms with Crippen molar-refractivity contribution in [3.8, 4) is 11.5 Å². The molecule has 0 unspecified atom stereocenters. The number of aryl methyl sites for hydroxylation is 1. The molecule has 0 aliphatic rings. The minimum Gasteiger partial charge on any atom is -0.493 e. The van der Waals surface area contributed by atoms with Crippen molar-refractivity contribution < 1.29 is 22.7 Å². The number of sulfonamides is 1. The van der Waals surface area contributed by atoms with Gasteiger partial charge in [-0.05, 0) is 44.0 Å². The molecular weight excluding hydrogens is 380 g/mol. The number of methoxy groups -OCH3 is 2. The Hall–Kier alpha value is -2.74. The van der Waals surface area contributed by atoms with Gasteiger partial charge in [0, 0.05) is 18.3 Å². The summed E-state index contributed by atoms with van der Waals surface area (Å²) >= 11 is 0. The summed E-state index contributed by atoms with van der Waals surface area (Å²) in [4.78, 5) is 13.1. The Balaban J connectivity index is 2.63. The number of carbonyl (C=O) groups excluding carboxylic acids is 1. The molecule has 152 valence electrons. The molecule has 0 radical (unpaired) electrons. The summed E-state index contributed by atoms with van der Waals surface area (Å²) in [5, 5.41) is 2.87. The van der Waals surface area contributed by atoms with Crippen LogP contribution >= 0.6 is 0 Å². The summed E-state index contributed by atoms with van der Waals surface area (Å²) < 4.78 is 36.3. The first-order chi connectivity index (χ1) is 13.1. The zero-order valence-electron chi connectivity index (χ0n) is 17.0. The molecule has 0 bridgehead atoms. The second-order valence-corrected chi connectivity index (χ2v) is 8.26. The highest BCUT2D eigenvalue weighted by Crippen LogP contribution is 2.36. The van der Waals surface area contributed by atoms with Gasteiger partial charge in [-0.15, -0.1) is 0 Å². The second kappa shape index (κ2) is 8.52. The van der Waals surface area contributed by atoms with Crippen molar-refractivity contribution >= 4 is 27.3 Å². The second-order valence-electron chi connectivity index (χ2n) is 6.35. The van der Waals surface area contributed by atoms with Crippen LogP contribution in [0.5, 0.6) is 11.5 Å². The molecule has 2 aromatic rings. The van der Waals surface area contributed by atoms with Crippen LogP contribution in [0.25, 0.3) is 0 Å². The van der Waals surface area contributed by atoms with Crippen LogP contribution in [0.1, 0.15) is 28.4 Å². The van der Waals surface area contributed by atoms with Crippen LogP contribution in [0.2, 0.25) is 0 Å². The lowest BCUT2D eigenvalue weighted by Crippen LogP contribution is -2.31. The van der Waals surface area contributed by atoms with E-state index in [1.54, 1.807) is 13.0 Å². The number of anilines is 2. The highest BCUT2D eigenvalue weighted by Gasteiger charge is 2.25. The fourth-order valence-corrected chi connectivity index (χ4v) is 3.89. The Labute approximate surface area is 166 Å². The quantitative estimate of drug-likeness (QED) is 0.762. The molecule has 0 saturated heterocycles. The Morgan fingerprint density at radius 1 is 1.11 bits per heavy atom. The van der Waals surface area contributed by atoms with Crippen molar-refractivity contribution in [1.29, 1.82) is 0 Å². The van der Waals surface area contributed by atoms with Crippen LogP contribution in [0.3, 0.4) is 0 Å². The van der Waals surface area contributed by atoms with Gasteiger partial charge in [-0.1, -0.05) is 12.1 Å². The van der Waals surface area contributed by atoms with E-state index in [1.165, 1.54) is 26.4 Å². The van der Waals surface area contributed by atoms with Gasteiger partial charge in [0.2, 0.25) is 10.0 Å². The molecule has 1 N–H and O–H groups in total. The van der Waals surface area contributed by atoms with E-state index >= 15 is 0 Å². The van der Waals surface area contributed by atoms with Gasteiger partial charge in [0.1, 0.15) is 0 Å². The van der Waals surface area contributed by atoms with E-state index in [1.807, 2.05) is 26.0 Å². The maximum absolute atomic E-state index is 13.1. The predicted molar refractivity (Wildman–Crippen MR) is 111 cm³/mol. The SMILES string of the molecule is CCN(c1cc(OC)c(OC)cc1C(=O)Nc1cccc(C)c1C)S(C)(=O)=O. The molecule has 0 spiro atoms. The normalized spacial score (nSPS) is 11.1. The van der Waals surface area contributed by atoms with Crippen LogP contribution in [0.15, 0.2) is 30.3 Å². The highest BCUT2D eigenvalue weighted by atomic mass is 32.2. The van der Waals surface area contributed by atoms with Crippen LogP contribution < -0.4 is 19.1 Å². The summed E-state index contributed by atoms with van der Waals surface area (Å²) in [6, 6.07) is 8.59. The molecule has 0 aromatic heterocycles. The molecule has 1 amide bonds. The number of hydrogen-bond donors (Lipinski definition) is 1. The van der Waals surface area contributed by atoms with Crippen molar-refractivity contribution in [1.82, 2.24) is 0 Å². The van der Waals surface area contributed by atoms with Crippen molar-refractivity contribution in [3.05, 3.63) is 47.0 Å². The van der Waals surface area contributed by atoms with Crippen molar-refractivity contribution in [2.75, 3.05) is 36.6 Å². The molecule has 0 aliphatic heterocycles. The summed E-state index contributed by atoms with van der Waals surface area (Å²) in [5.74, 6) is 0.233. The lowest BCUT2D eigenvalue weighted by atomic mass is 10.1. The topological polar surface area (TPSA) is 84.9 Å². The van der Waals surface area contributed by atoms with Gasteiger partial charge in [-0.25, -0.2) is 8.42 Å². The van der Waals surface area contributed by atoms with E-state index in [0.717, 1.165) is 21.7 Å². The van der Waals surface area contributed by atoms with Gasteiger partial charge >= 0.3 is 0 Å². The summed E-state index contributed by atoms with van der Waals surface area (Å²) in [6.07, 6.45) is 1.10. The maximum Gasteiger partial charge on any atom is 0.257 e. The van der Waals surface area contributed by atoms with Gasteiger partial charge in [0.15, 0.2) is 11.5 Å². The first kappa shape index (κ1) is 21.6. The third-order valence-electron chi connectivity index (χ3n) is 4.56. The molecule has 2 aromatic carbocycles. The van der Waals surface area contributed by atoms with Crippen LogP contribution in [0.4, 0.5) is 11.4 Å². The lowest BCUT2D eigenvalue weighted by molar-refractivity contribution is 0.102. The Kier molecular flexibility index (Phi) is 6.56. The zero-order chi connectivity index (χ0) is 21.1. The molecule has 2 rings (SSSR count). The monoisotopic (exact) mass is 406 g/mol. The van der Waals surface area contributed by atoms with E-state index in [4.69, 9.17) is 9.47 Å². The molecule has 8 heteroatoms. The molecule has 0 saturated carbocycles. The fraction of sp³-hybridized carbons (Fsp3) is 0.350. The van der Waals surface area contributed by atoms with E-state index in [9.17, 15) is 13.2 Å². The van der Waals surface area contributed by atoms with Gasteiger partial charge in [0.25, 0.3) is 5.91 Å². The van der Waals surface area contributed by atoms with E-state index in [0.29, 0.717) is 17.2 Å². The van der Waals surface area contributed by atoms with E-state index < -0.39 is 15.9 Å². The number of nitrogens with zero attached hydrogens (tertiary/aromatic N) is 1. The predicted octanol–water partition coefficient (Wildman–Crippen LogP) is 3.36. The third kappa shape index (κ3) is 4.39.